The van der Waals surface area contributed by atoms with Gasteiger partial charge < -0.3 is 5.73 Å². The molecule has 1 aromatic heterocycles. The van der Waals surface area contributed by atoms with Gasteiger partial charge in [-0.05, 0) is 13.3 Å². The molecular weight excluding hydrogens is 206 g/mol. The highest BCUT2D eigenvalue weighted by atomic mass is 32.1. The van der Waals surface area contributed by atoms with Crippen LogP contribution in [0, 0.1) is 0 Å². The fraction of sp³-hybridized carbons (Fsp3) is 0.545. The normalized spacial score (nSPS) is 17.9. The number of nitrogens with two attached hydrogens (primary N) is 1. The van der Waals surface area contributed by atoms with Crippen molar-refractivity contribution >= 4 is 11.3 Å². The molecule has 0 bridgehead atoms. The Hall–Kier alpha value is -0.710. The number of thiazole rings is 1. The number of aromatic nitrogens is 1. The first-order chi connectivity index (χ1) is 7.28. The summed E-state index contributed by atoms with van der Waals surface area (Å²) in [7, 11) is 0. The van der Waals surface area contributed by atoms with Crippen LogP contribution in [0.2, 0.25) is 0 Å². The van der Waals surface area contributed by atoms with Crippen molar-refractivity contribution in [2.75, 3.05) is 13.1 Å². The molecule has 0 radical (unpaired) electrons. The average Bonchev–Trinajstić information content (AvgIpc) is 2.65. The Morgan fingerprint density at radius 3 is 3.13 bits per heavy atom. The lowest BCUT2D eigenvalue weighted by atomic mass is 10.1. The first-order valence-corrected chi connectivity index (χ1v) is 6.17. The summed E-state index contributed by atoms with van der Waals surface area (Å²) in [6.07, 6.45) is 3.49. The lowest BCUT2D eigenvalue weighted by molar-refractivity contribution is 0.279. The van der Waals surface area contributed by atoms with E-state index in [1.165, 1.54) is 12.0 Å². The molecule has 0 fully saturated rings. The van der Waals surface area contributed by atoms with E-state index in [4.69, 9.17) is 5.73 Å². The molecule has 4 heteroatoms. The first kappa shape index (κ1) is 10.8. The van der Waals surface area contributed by atoms with Crippen LogP contribution in [-0.4, -0.2) is 23.0 Å². The monoisotopic (exact) mass is 223 g/mol. The molecule has 0 atom stereocenters. The van der Waals surface area contributed by atoms with Crippen LogP contribution in [0.15, 0.2) is 17.0 Å². The maximum Gasteiger partial charge on any atom is 0.106 e. The third kappa shape index (κ3) is 2.87. The summed E-state index contributed by atoms with van der Waals surface area (Å²) in [4.78, 5) is 6.92. The van der Waals surface area contributed by atoms with E-state index in [1.807, 2.05) is 0 Å². The predicted molar refractivity (Wildman–Crippen MR) is 63.7 cm³/mol. The summed E-state index contributed by atoms with van der Waals surface area (Å²) in [6, 6.07) is 0. The van der Waals surface area contributed by atoms with E-state index >= 15 is 0 Å². The molecule has 1 aliphatic rings. The number of nitrogens with zero attached hydrogens (tertiary/aromatic N) is 2. The van der Waals surface area contributed by atoms with Gasteiger partial charge in [-0.15, -0.1) is 11.3 Å². The maximum atomic E-state index is 5.54. The van der Waals surface area contributed by atoms with Gasteiger partial charge in [-0.3, -0.25) is 4.90 Å². The van der Waals surface area contributed by atoms with Gasteiger partial charge in [0.15, 0.2) is 0 Å². The molecule has 82 valence electrons. The molecule has 15 heavy (non-hydrogen) atoms. The zero-order valence-electron chi connectivity index (χ0n) is 9.07. The molecule has 3 nitrogen and oxygen atoms in total. The van der Waals surface area contributed by atoms with E-state index in [0.717, 1.165) is 30.3 Å². The second-order valence-corrected chi connectivity index (χ2v) is 4.93. The van der Waals surface area contributed by atoms with E-state index in [0.29, 0.717) is 6.54 Å². The first-order valence-electron chi connectivity index (χ1n) is 5.29. The smallest absolute Gasteiger partial charge is 0.106 e. The zero-order chi connectivity index (χ0) is 10.7. The quantitative estimate of drug-likeness (QED) is 0.794. The van der Waals surface area contributed by atoms with E-state index in [-0.39, 0.29) is 0 Å². The van der Waals surface area contributed by atoms with E-state index in [9.17, 15) is 0 Å². The lowest BCUT2D eigenvalue weighted by Gasteiger charge is -2.24. The Bertz CT molecular complexity index is 356. The molecule has 0 aliphatic carbocycles. The third-order valence-corrected chi connectivity index (χ3v) is 3.49. The molecular formula is C11H17N3S. The fourth-order valence-corrected chi connectivity index (χ4v) is 2.53. The fourth-order valence-electron chi connectivity index (χ4n) is 1.87. The molecule has 2 heterocycles. The van der Waals surface area contributed by atoms with Crippen LogP contribution in [0.1, 0.15) is 24.0 Å². The molecule has 0 spiro atoms. The summed E-state index contributed by atoms with van der Waals surface area (Å²) >= 11 is 1.66. The molecule has 2 rings (SSSR count). The standard InChI is InChI=1S/C11H17N3S/c1-9-3-2-4-14(6-9)7-10-8-15-11(5-12)13-10/h3,8H,2,4-7,12H2,1H3. The second kappa shape index (κ2) is 4.88. The number of hydrogen-bond donors (Lipinski definition) is 1. The van der Waals surface area contributed by atoms with Crippen molar-refractivity contribution in [2.45, 2.75) is 26.4 Å². The van der Waals surface area contributed by atoms with Crippen LogP contribution in [0.3, 0.4) is 0 Å². The van der Waals surface area contributed by atoms with Crippen molar-refractivity contribution in [1.82, 2.24) is 9.88 Å². The summed E-state index contributed by atoms with van der Waals surface area (Å²) in [5.41, 5.74) is 8.17. The van der Waals surface area contributed by atoms with Crippen LogP contribution >= 0.6 is 11.3 Å². The van der Waals surface area contributed by atoms with Gasteiger partial charge in [0.25, 0.3) is 0 Å². The minimum atomic E-state index is 0.559. The van der Waals surface area contributed by atoms with Gasteiger partial charge >= 0.3 is 0 Å². The predicted octanol–water partition coefficient (Wildman–Crippen LogP) is 1.75. The topological polar surface area (TPSA) is 42.1 Å². The molecule has 0 aromatic carbocycles. The lowest BCUT2D eigenvalue weighted by Crippen LogP contribution is -2.28. The minimum Gasteiger partial charge on any atom is -0.325 e. The van der Waals surface area contributed by atoms with E-state index < -0.39 is 0 Å². The van der Waals surface area contributed by atoms with Crippen LogP contribution in [0.5, 0.6) is 0 Å². The Morgan fingerprint density at radius 2 is 2.47 bits per heavy atom. The van der Waals surface area contributed by atoms with Gasteiger partial charge in [0.1, 0.15) is 5.01 Å². The minimum absolute atomic E-state index is 0.559. The third-order valence-electron chi connectivity index (χ3n) is 2.57. The molecule has 0 saturated carbocycles. The van der Waals surface area contributed by atoms with Crippen LogP contribution in [0.25, 0.3) is 0 Å². The SMILES string of the molecule is CC1=CCCN(Cc2csc(CN)n2)C1. The largest absolute Gasteiger partial charge is 0.325 e. The summed E-state index contributed by atoms with van der Waals surface area (Å²) < 4.78 is 0. The highest BCUT2D eigenvalue weighted by Crippen LogP contribution is 2.15. The molecule has 1 aromatic rings. The summed E-state index contributed by atoms with van der Waals surface area (Å²) in [6.45, 7) is 5.94. The second-order valence-electron chi connectivity index (χ2n) is 3.99. The molecule has 1 aliphatic heterocycles. The highest BCUT2D eigenvalue weighted by molar-refractivity contribution is 7.09. The number of rotatable bonds is 3. The van der Waals surface area contributed by atoms with Crippen molar-refractivity contribution in [1.29, 1.82) is 0 Å². The van der Waals surface area contributed by atoms with Gasteiger partial charge in [-0.2, -0.15) is 0 Å². The molecule has 0 amide bonds. The van der Waals surface area contributed by atoms with Crippen molar-refractivity contribution in [3.63, 3.8) is 0 Å². The van der Waals surface area contributed by atoms with Crippen LogP contribution in [-0.2, 0) is 13.1 Å². The zero-order valence-corrected chi connectivity index (χ0v) is 9.89. The van der Waals surface area contributed by atoms with Gasteiger partial charge in [0, 0.05) is 31.6 Å². The molecule has 0 unspecified atom stereocenters. The van der Waals surface area contributed by atoms with Crippen molar-refractivity contribution < 1.29 is 0 Å². The van der Waals surface area contributed by atoms with E-state index in [1.54, 1.807) is 11.3 Å². The van der Waals surface area contributed by atoms with Gasteiger partial charge in [0.05, 0.1) is 5.69 Å². The summed E-state index contributed by atoms with van der Waals surface area (Å²) in [5, 5.41) is 3.16. The molecule has 0 saturated heterocycles. The number of hydrogen-bond acceptors (Lipinski definition) is 4. The Kier molecular flexibility index (Phi) is 3.51. The van der Waals surface area contributed by atoms with Crippen LogP contribution in [0.4, 0.5) is 0 Å². The van der Waals surface area contributed by atoms with Crippen molar-refractivity contribution in [3.05, 3.63) is 27.7 Å². The van der Waals surface area contributed by atoms with Gasteiger partial charge in [-0.25, -0.2) is 4.98 Å². The van der Waals surface area contributed by atoms with Gasteiger partial charge in [0.2, 0.25) is 0 Å². The highest BCUT2D eigenvalue weighted by Gasteiger charge is 2.11. The van der Waals surface area contributed by atoms with E-state index in [2.05, 4.69) is 28.3 Å². The summed E-state index contributed by atoms with van der Waals surface area (Å²) in [5.74, 6) is 0. The van der Waals surface area contributed by atoms with Crippen LogP contribution < -0.4 is 5.73 Å². The van der Waals surface area contributed by atoms with Crippen molar-refractivity contribution in [3.8, 4) is 0 Å². The van der Waals surface area contributed by atoms with Crippen molar-refractivity contribution in [2.24, 2.45) is 5.73 Å². The van der Waals surface area contributed by atoms with Gasteiger partial charge in [-0.1, -0.05) is 11.6 Å². The molecule has 2 N–H and O–H groups in total. The Balaban J connectivity index is 1.94. The Morgan fingerprint density at radius 1 is 1.60 bits per heavy atom. The maximum absolute atomic E-state index is 5.54. The average molecular weight is 223 g/mol. The Labute approximate surface area is 94.6 Å².